The molecule has 2 rings (SSSR count). The fourth-order valence-corrected chi connectivity index (χ4v) is 3.08. The van der Waals surface area contributed by atoms with Gasteiger partial charge in [0.25, 0.3) is 0 Å². The van der Waals surface area contributed by atoms with Crippen LogP contribution in [0.1, 0.15) is 29.2 Å². The highest BCUT2D eigenvalue weighted by Crippen LogP contribution is 2.33. The Kier molecular flexibility index (Phi) is 4.74. The highest BCUT2D eigenvalue weighted by molar-refractivity contribution is 9.10. The average Bonchev–Trinajstić information content (AvgIpc) is 2.41. The van der Waals surface area contributed by atoms with E-state index < -0.39 is 5.60 Å². The van der Waals surface area contributed by atoms with Crippen LogP contribution in [0.15, 0.2) is 40.9 Å². The Balaban J connectivity index is 2.41. The van der Waals surface area contributed by atoms with E-state index in [1.165, 1.54) is 0 Å². The molecule has 0 aliphatic heterocycles. The number of hydrogen-bond donors (Lipinski definition) is 1. The first-order valence-electron chi connectivity index (χ1n) is 6.96. The third-order valence-corrected chi connectivity index (χ3v) is 4.24. The quantitative estimate of drug-likeness (QED) is 0.879. The molecule has 3 heteroatoms. The van der Waals surface area contributed by atoms with Crippen LogP contribution in [-0.2, 0) is 12.0 Å². The van der Waals surface area contributed by atoms with Crippen molar-refractivity contribution >= 4 is 15.9 Å². The molecule has 0 aromatic heterocycles. The molecule has 0 radical (unpaired) electrons. The van der Waals surface area contributed by atoms with Gasteiger partial charge in [-0.2, -0.15) is 0 Å². The molecule has 0 amide bonds. The summed E-state index contributed by atoms with van der Waals surface area (Å²) in [7, 11) is 1.65. The van der Waals surface area contributed by atoms with Crippen LogP contribution in [0.3, 0.4) is 0 Å². The summed E-state index contributed by atoms with van der Waals surface area (Å²) in [6.45, 7) is 5.93. The zero-order chi connectivity index (χ0) is 15.6. The third kappa shape index (κ3) is 3.66. The summed E-state index contributed by atoms with van der Waals surface area (Å²) < 4.78 is 6.39. The van der Waals surface area contributed by atoms with Crippen molar-refractivity contribution in [2.75, 3.05) is 7.11 Å². The Morgan fingerprint density at radius 3 is 2.52 bits per heavy atom. The van der Waals surface area contributed by atoms with Gasteiger partial charge in [0.1, 0.15) is 5.75 Å². The monoisotopic (exact) mass is 348 g/mol. The van der Waals surface area contributed by atoms with Crippen LogP contribution >= 0.6 is 15.9 Å². The molecule has 1 atom stereocenters. The van der Waals surface area contributed by atoms with Crippen molar-refractivity contribution in [3.8, 4) is 5.75 Å². The van der Waals surface area contributed by atoms with Crippen molar-refractivity contribution in [2.24, 2.45) is 0 Å². The largest absolute Gasteiger partial charge is 0.496 e. The fourth-order valence-electron chi connectivity index (χ4n) is 2.67. The lowest BCUT2D eigenvalue weighted by Gasteiger charge is -2.27. The Morgan fingerprint density at radius 1 is 1.14 bits per heavy atom. The number of hydrogen-bond acceptors (Lipinski definition) is 2. The molecule has 2 aromatic rings. The number of benzene rings is 2. The molecule has 2 aromatic carbocycles. The predicted octanol–water partition coefficient (Wildman–Crippen LogP) is 4.52. The summed E-state index contributed by atoms with van der Waals surface area (Å²) in [6.07, 6.45) is 0.500. The second-order valence-corrected chi connectivity index (χ2v) is 6.64. The number of aliphatic hydroxyl groups is 1. The van der Waals surface area contributed by atoms with Crippen molar-refractivity contribution in [1.29, 1.82) is 0 Å². The molecule has 0 bridgehead atoms. The minimum atomic E-state index is -0.940. The van der Waals surface area contributed by atoms with E-state index in [1.54, 1.807) is 7.11 Å². The molecule has 21 heavy (non-hydrogen) atoms. The normalized spacial score (nSPS) is 13.8. The molecule has 0 aliphatic carbocycles. The van der Waals surface area contributed by atoms with Crippen LogP contribution in [-0.4, -0.2) is 12.2 Å². The standard InChI is InChI=1S/C18H21BrO2/c1-12-5-6-13(2)16(9-12)18(3,20)11-14-10-15(19)7-8-17(14)21-4/h5-10,20H,11H2,1-4H3. The van der Waals surface area contributed by atoms with E-state index in [1.807, 2.05) is 39.0 Å². The van der Waals surface area contributed by atoms with E-state index >= 15 is 0 Å². The van der Waals surface area contributed by atoms with Gasteiger partial charge >= 0.3 is 0 Å². The zero-order valence-electron chi connectivity index (χ0n) is 12.9. The first-order chi connectivity index (χ1) is 9.83. The van der Waals surface area contributed by atoms with E-state index in [9.17, 15) is 5.11 Å². The van der Waals surface area contributed by atoms with Crippen LogP contribution in [0.2, 0.25) is 0 Å². The number of methoxy groups -OCH3 is 1. The van der Waals surface area contributed by atoms with Crippen molar-refractivity contribution in [3.63, 3.8) is 0 Å². The molecule has 1 N–H and O–H groups in total. The maximum Gasteiger partial charge on any atom is 0.122 e. The van der Waals surface area contributed by atoms with Crippen molar-refractivity contribution in [2.45, 2.75) is 32.8 Å². The number of halogens is 1. The Labute approximate surface area is 134 Å². The van der Waals surface area contributed by atoms with Gasteiger partial charge in [0.15, 0.2) is 0 Å². The summed E-state index contributed by atoms with van der Waals surface area (Å²) in [4.78, 5) is 0. The SMILES string of the molecule is COc1ccc(Br)cc1CC(C)(O)c1cc(C)ccc1C. The molecule has 0 saturated heterocycles. The van der Waals surface area contributed by atoms with E-state index in [-0.39, 0.29) is 0 Å². The van der Waals surface area contributed by atoms with Gasteiger partial charge in [-0.05, 0) is 55.7 Å². The maximum atomic E-state index is 11.0. The highest BCUT2D eigenvalue weighted by Gasteiger charge is 2.27. The molecule has 0 spiro atoms. The van der Waals surface area contributed by atoms with Gasteiger partial charge in [-0.15, -0.1) is 0 Å². The lowest BCUT2D eigenvalue weighted by molar-refractivity contribution is 0.0562. The number of aryl methyl sites for hydroxylation is 2. The summed E-state index contributed by atoms with van der Waals surface area (Å²) in [6, 6.07) is 12.0. The lowest BCUT2D eigenvalue weighted by Crippen LogP contribution is -2.26. The Bertz CT molecular complexity index is 648. The first kappa shape index (κ1) is 16.1. The van der Waals surface area contributed by atoms with Crippen LogP contribution in [0.4, 0.5) is 0 Å². The molecule has 0 heterocycles. The first-order valence-corrected chi connectivity index (χ1v) is 7.75. The highest BCUT2D eigenvalue weighted by atomic mass is 79.9. The molecule has 112 valence electrons. The van der Waals surface area contributed by atoms with Gasteiger partial charge in [-0.1, -0.05) is 39.7 Å². The van der Waals surface area contributed by atoms with Gasteiger partial charge in [0, 0.05) is 10.9 Å². The molecule has 2 nitrogen and oxygen atoms in total. The third-order valence-electron chi connectivity index (χ3n) is 3.75. The number of rotatable bonds is 4. The van der Waals surface area contributed by atoms with Crippen LogP contribution in [0.5, 0.6) is 5.75 Å². The van der Waals surface area contributed by atoms with E-state index in [2.05, 4.69) is 34.1 Å². The van der Waals surface area contributed by atoms with Crippen molar-refractivity contribution in [1.82, 2.24) is 0 Å². The van der Waals surface area contributed by atoms with Gasteiger partial charge in [-0.25, -0.2) is 0 Å². The summed E-state index contributed by atoms with van der Waals surface area (Å²) in [5, 5.41) is 11.0. The number of ether oxygens (including phenoxy) is 1. The van der Waals surface area contributed by atoms with E-state index in [0.717, 1.165) is 32.5 Å². The summed E-state index contributed by atoms with van der Waals surface area (Å²) >= 11 is 3.48. The van der Waals surface area contributed by atoms with E-state index in [0.29, 0.717) is 6.42 Å². The minimum absolute atomic E-state index is 0.500. The molecular formula is C18H21BrO2. The molecule has 0 aliphatic rings. The molecular weight excluding hydrogens is 328 g/mol. The second-order valence-electron chi connectivity index (χ2n) is 5.73. The predicted molar refractivity (Wildman–Crippen MR) is 89.9 cm³/mol. The maximum absolute atomic E-state index is 11.0. The van der Waals surface area contributed by atoms with Crippen molar-refractivity contribution < 1.29 is 9.84 Å². The van der Waals surface area contributed by atoms with Crippen LogP contribution in [0.25, 0.3) is 0 Å². The minimum Gasteiger partial charge on any atom is -0.496 e. The average molecular weight is 349 g/mol. The smallest absolute Gasteiger partial charge is 0.122 e. The van der Waals surface area contributed by atoms with Gasteiger partial charge in [0.05, 0.1) is 12.7 Å². The summed E-state index contributed by atoms with van der Waals surface area (Å²) in [5.41, 5.74) is 3.25. The van der Waals surface area contributed by atoms with Crippen LogP contribution < -0.4 is 4.74 Å². The fraction of sp³-hybridized carbons (Fsp3) is 0.333. The second kappa shape index (κ2) is 6.20. The zero-order valence-corrected chi connectivity index (χ0v) is 14.5. The lowest BCUT2D eigenvalue weighted by atomic mass is 9.85. The van der Waals surface area contributed by atoms with E-state index in [4.69, 9.17) is 4.74 Å². The van der Waals surface area contributed by atoms with Gasteiger partial charge in [-0.3, -0.25) is 0 Å². The van der Waals surface area contributed by atoms with Gasteiger partial charge in [0.2, 0.25) is 0 Å². The summed E-state index contributed by atoms with van der Waals surface area (Å²) in [5.74, 6) is 0.795. The van der Waals surface area contributed by atoms with Crippen molar-refractivity contribution in [3.05, 3.63) is 63.1 Å². The Morgan fingerprint density at radius 2 is 1.86 bits per heavy atom. The molecule has 1 unspecified atom stereocenters. The van der Waals surface area contributed by atoms with Gasteiger partial charge < -0.3 is 9.84 Å². The van der Waals surface area contributed by atoms with Crippen LogP contribution in [0, 0.1) is 13.8 Å². The molecule has 0 fully saturated rings. The topological polar surface area (TPSA) is 29.5 Å². The Hall–Kier alpha value is -1.32. The molecule has 0 saturated carbocycles.